The standard InChI is InChI=1S/C25H30N6O3S/c1-5-17-18(11-26)23(31(4)13-20(33)29-14-25(2,3)15-32)30-24(19(17)12-27)35-21(22(28)34)16-9-7-6-8-10-16/h6-10,21,32H,5,13-15H2,1-4H3,(H2,28,34)(H,29,33). The maximum absolute atomic E-state index is 12.5. The molecule has 1 aromatic carbocycles. The quantitative estimate of drug-likeness (QED) is 0.402. The number of hydrogen-bond donors (Lipinski definition) is 3. The molecule has 9 nitrogen and oxygen atoms in total. The molecule has 0 bridgehead atoms. The van der Waals surface area contributed by atoms with Crippen LogP contribution in [-0.2, 0) is 16.0 Å². The summed E-state index contributed by atoms with van der Waals surface area (Å²) in [6.45, 7) is 5.57. The minimum atomic E-state index is -0.796. The molecule has 0 saturated heterocycles. The van der Waals surface area contributed by atoms with Crippen LogP contribution in [0.15, 0.2) is 35.4 Å². The molecular formula is C25H30N6O3S. The van der Waals surface area contributed by atoms with Crippen LogP contribution in [0.3, 0.4) is 0 Å². The SMILES string of the molecule is CCc1c(C#N)c(SC(C(N)=O)c2ccccc2)nc(N(C)CC(=O)NCC(C)(C)CO)c1C#N. The summed E-state index contributed by atoms with van der Waals surface area (Å²) in [5.41, 5.74) is 6.77. The van der Waals surface area contributed by atoms with Crippen LogP contribution in [0.25, 0.3) is 0 Å². The average Bonchev–Trinajstić information content (AvgIpc) is 2.85. The van der Waals surface area contributed by atoms with Gasteiger partial charge in [-0.2, -0.15) is 10.5 Å². The molecule has 0 saturated carbocycles. The van der Waals surface area contributed by atoms with Gasteiger partial charge in [0.1, 0.15) is 28.2 Å². The number of nitriles is 2. The number of rotatable bonds is 11. The number of carbonyl (C=O) groups is 2. The molecule has 0 aliphatic heterocycles. The molecule has 0 radical (unpaired) electrons. The van der Waals surface area contributed by atoms with Gasteiger partial charge < -0.3 is 21.1 Å². The Morgan fingerprint density at radius 1 is 1.23 bits per heavy atom. The number of hydrogen-bond acceptors (Lipinski definition) is 8. The molecule has 10 heteroatoms. The smallest absolute Gasteiger partial charge is 0.239 e. The highest BCUT2D eigenvalue weighted by Crippen LogP contribution is 2.39. The molecule has 184 valence electrons. The van der Waals surface area contributed by atoms with Crippen LogP contribution < -0.4 is 16.0 Å². The van der Waals surface area contributed by atoms with Crippen molar-refractivity contribution in [1.82, 2.24) is 10.3 Å². The van der Waals surface area contributed by atoms with Gasteiger partial charge in [0.15, 0.2) is 0 Å². The first-order valence-electron chi connectivity index (χ1n) is 11.0. The third-order valence-electron chi connectivity index (χ3n) is 5.35. The molecule has 2 amide bonds. The van der Waals surface area contributed by atoms with Crippen molar-refractivity contribution in [2.24, 2.45) is 11.1 Å². The van der Waals surface area contributed by atoms with Crippen molar-refractivity contribution in [3.63, 3.8) is 0 Å². The summed E-state index contributed by atoms with van der Waals surface area (Å²) in [6, 6.07) is 13.2. The van der Waals surface area contributed by atoms with Gasteiger partial charge in [-0.25, -0.2) is 4.98 Å². The normalized spacial score (nSPS) is 11.7. The molecule has 0 fully saturated rings. The Hall–Kier alpha value is -3.60. The molecule has 0 aliphatic carbocycles. The highest BCUT2D eigenvalue weighted by Gasteiger charge is 2.27. The van der Waals surface area contributed by atoms with Crippen molar-refractivity contribution in [3.8, 4) is 12.1 Å². The zero-order valence-electron chi connectivity index (χ0n) is 20.3. The van der Waals surface area contributed by atoms with E-state index in [1.165, 1.54) is 4.90 Å². The molecule has 1 aromatic heterocycles. The number of likely N-dealkylation sites (N-methyl/N-ethyl adjacent to an activating group) is 1. The van der Waals surface area contributed by atoms with Crippen LogP contribution in [0.4, 0.5) is 5.82 Å². The van der Waals surface area contributed by atoms with E-state index in [1.807, 2.05) is 26.8 Å². The van der Waals surface area contributed by atoms with Crippen LogP contribution >= 0.6 is 11.8 Å². The minimum absolute atomic E-state index is 0.0816. The predicted octanol–water partition coefficient (Wildman–Crippen LogP) is 2.28. The number of aliphatic hydroxyl groups excluding tert-OH is 1. The van der Waals surface area contributed by atoms with Crippen molar-refractivity contribution in [1.29, 1.82) is 10.5 Å². The second-order valence-corrected chi connectivity index (χ2v) is 9.91. The van der Waals surface area contributed by atoms with Gasteiger partial charge in [-0.15, -0.1) is 0 Å². The van der Waals surface area contributed by atoms with E-state index in [4.69, 9.17) is 5.73 Å². The first kappa shape index (κ1) is 27.6. The predicted molar refractivity (Wildman–Crippen MR) is 134 cm³/mol. The molecule has 0 aliphatic rings. The number of primary amides is 1. The van der Waals surface area contributed by atoms with Gasteiger partial charge in [-0.3, -0.25) is 9.59 Å². The fourth-order valence-corrected chi connectivity index (χ4v) is 4.37. The summed E-state index contributed by atoms with van der Waals surface area (Å²) in [4.78, 5) is 30.9. The van der Waals surface area contributed by atoms with Gasteiger partial charge in [0.05, 0.1) is 17.7 Å². The highest BCUT2D eigenvalue weighted by atomic mass is 32.2. The summed E-state index contributed by atoms with van der Waals surface area (Å²) in [7, 11) is 1.63. The van der Waals surface area contributed by atoms with E-state index in [0.717, 1.165) is 11.8 Å². The maximum atomic E-state index is 12.5. The van der Waals surface area contributed by atoms with Gasteiger partial charge in [0.2, 0.25) is 11.8 Å². The zero-order valence-corrected chi connectivity index (χ0v) is 21.1. The average molecular weight is 495 g/mol. The summed E-state index contributed by atoms with van der Waals surface area (Å²) in [5, 5.41) is 31.4. The fraction of sp³-hybridized carbons (Fsp3) is 0.400. The first-order valence-corrected chi connectivity index (χ1v) is 11.9. The van der Waals surface area contributed by atoms with Crippen molar-refractivity contribution in [2.45, 2.75) is 37.5 Å². The Labute approximate surface area is 209 Å². The van der Waals surface area contributed by atoms with E-state index >= 15 is 0 Å². The van der Waals surface area contributed by atoms with Crippen molar-refractivity contribution in [3.05, 3.63) is 52.6 Å². The van der Waals surface area contributed by atoms with Gasteiger partial charge in [-0.1, -0.05) is 62.9 Å². The van der Waals surface area contributed by atoms with Gasteiger partial charge >= 0.3 is 0 Å². The molecule has 2 aromatic rings. The topological polar surface area (TPSA) is 156 Å². The summed E-state index contributed by atoms with van der Waals surface area (Å²) in [6.07, 6.45) is 0.381. The van der Waals surface area contributed by atoms with E-state index in [1.54, 1.807) is 31.3 Å². The van der Waals surface area contributed by atoms with E-state index in [-0.39, 0.29) is 47.6 Å². The lowest BCUT2D eigenvalue weighted by molar-refractivity contribution is -0.120. The lowest BCUT2D eigenvalue weighted by Crippen LogP contribution is -2.41. The van der Waals surface area contributed by atoms with E-state index in [2.05, 4.69) is 22.4 Å². The second kappa shape index (κ2) is 12.2. The Morgan fingerprint density at radius 2 is 1.86 bits per heavy atom. The summed E-state index contributed by atoms with van der Waals surface area (Å²) >= 11 is 1.04. The van der Waals surface area contributed by atoms with Crippen molar-refractivity contribution >= 4 is 29.4 Å². The number of pyridine rings is 1. The largest absolute Gasteiger partial charge is 0.396 e. The number of amides is 2. The number of nitrogens with two attached hydrogens (primary N) is 1. The number of aliphatic hydroxyl groups is 1. The van der Waals surface area contributed by atoms with Crippen molar-refractivity contribution < 1.29 is 14.7 Å². The third-order valence-corrected chi connectivity index (χ3v) is 6.61. The van der Waals surface area contributed by atoms with Gasteiger partial charge in [0, 0.05) is 25.6 Å². The molecule has 1 atom stereocenters. The number of anilines is 1. The Morgan fingerprint density at radius 3 is 2.37 bits per heavy atom. The summed E-state index contributed by atoms with van der Waals surface area (Å²) < 4.78 is 0. The minimum Gasteiger partial charge on any atom is -0.396 e. The van der Waals surface area contributed by atoms with E-state index < -0.39 is 16.6 Å². The van der Waals surface area contributed by atoms with Crippen LogP contribution in [0, 0.1) is 28.1 Å². The molecule has 4 N–H and O–H groups in total. The van der Waals surface area contributed by atoms with E-state index in [0.29, 0.717) is 17.5 Å². The number of nitrogens with zero attached hydrogens (tertiary/aromatic N) is 4. The molecule has 2 rings (SSSR count). The summed E-state index contributed by atoms with van der Waals surface area (Å²) in [5.74, 6) is -0.663. The van der Waals surface area contributed by atoms with Crippen molar-refractivity contribution in [2.75, 3.05) is 31.6 Å². The maximum Gasteiger partial charge on any atom is 0.239 e. The number of benzene rings is 1. The Kier molecular flexibility index (Phi) is 9.64. The third kappa shape index (κ3) is 6.95. The highest BCUT2D eigenvalue weighted by molar-refractivity contribution is 8.00. The number of nitrogens with one attached hydrogen (secondary N) is 1. The van der Waals surface area contributed by atoms with Crippen LogP contribution in [0.2, 0.25) is 0 Å². The Balaban J connectivity index is 2.48. The first-order chi connectivity index (χ1) is 16.6. The van der Waals surface area contributed by atoms with E-state index in [9.17, 15) is 25.2 Å². The number of aromatic nitrogens is 1. The van der Waals surface area contributed by atoms with Crippen LogP contribution in [-0.4, -0.2) is 48.6 Å². The molecule has 1 heterocycles. The fourth-order valence-electron chi connectivity index (χ4n) is 3.31. The number of carbonyl (C=O) groups excluding carboxylic acids is 2. The lowest BCUT2D eigenvalue weighted by Gasteiger charge is -2.25. The van der Waals surface area contributed by atoms with Gasteiger partial charge in [-0.05, 0) is 17.5 Å². The molecule has 0 spiro atoms. The van der Waals surface area contributed by atoms with Crippen LogP contribution in [0.1, 0.15) is 48.3 Å². The Bertz CT molecular complexity index is 1150. The monoisotopic (exact) mass is 494 g/mol. The zero-order chi connectivity index (χ0) is 26.2. The molecular weight excluding hydrogens is 464 g/mol. The van der Waals surface area contributed by atoms with Crippen LogP contribution in [0.5, 0.6) is 0 Å². The lowest BCUT2D eigenvalue weighted by atomic mass is 9.95. The number of thioether (sulfide) groups is 1. The molecule has 1 unspecified atom stereocenters. The van der Waals surface area contributed by atoms with Gasteiger partial charge in [0.25, 0.3) is 0 Å². The molecule has 35 heavy (non-hydrogen) atoms. The second-order valence-electron chi connectivity index (χ2n) is 8.81.